The first-order valence-electron chi connectivity index (χ1n) is 8.10. The monoisotopic (exact) mass is 398 g/mol. The Balaban J connectivity index is 1.86. The van der Waals surface area contributed by atoms with Crippen LogP contribution in [0.5, 0.6) is 11.5 Å². The molecule has 1 heterocycles. The fourth-order valence-electron chi connectivity index (χ4n) is 2.40. The molecule has 0 bridgehead atoms. The number of alkyl halides is 2. The number of halogens is 2. The van der Waals surface area contributed by atoms with Gasteiger partial charge in [0.05, 0.1) is 13.7 Å². The van der Waals surface area contributed by atoms with E-state index in [0.29, 0.717) is 6.42 Å². The molecule has 9 heteroatoms. The van der Waals surface area contributed by atoms with Gasteiger partial charge in [0.1, 0.15) is 0 Å². The lowest BCUT2D eigenvalue weighted by atomic mass is 10.1. The lowest BCUT2D eigenvalue weighted by molar-refractivity contribution is -0.120. The third-order valence-corrected chi connectivity index (χ3v) is 4.31. The Morgan fingerprint density at radius 1 is 1.22 bits per heavy atom. The number of nitrogens with one attached hydrogen (secondary N) is 2. The van der Waals surface area contributed by atoms with E-state index in [0.717, 1.165) is 5.56 Å². The molecule has 0 aliphatic rings. The van der Waals surface area contributed by atoms with E-state index in [9.17, 15) is 18.4 Å². The molecule has 0 radical (unpaired) electrons. The quantitative estimate of drug-likeness (QED) is 0.681. The van der Waals surface area contributed by atoms with Crippen LogP contribution in [0.1, 0.15) is 22.8 Å². The molecule has 1 aromatic carbocycles. The van der Waals surface area contributed by atoms with Crippen LogP contribution in [0, 0.1) is 0 Å². The van der Waals surface area contributed by atoms with Crippen molar-refractivity contribution < 1.29 is 27.8 Å². The molecule has 27 heavy (non-hydrogen) atoms. The number of thiophene rings is 1. The minimum absolute atomic E-state index is 0.00298. The second-order valence-corrected chi connectivity index (χ2v) is 6.51. The normalized spacial score (nSPS) is 11.7. The van der Waals surface area contributed by atoms with E-state index in [4.69, 9.17) is 4.74 Å². The molecular formula is C18H20F2N2O4S. The zero-order valence-corrected chi connectivity index (χ0v) is 15.6. The van der Waals surface area contributed by atoms with Gasteiger partial charge in [0, 0.05) is 11.6 Å². The van der Waals surface area contributed by atoms with Crippen molar-refractivity contribution in [2.24, 2.45) is 0 Å². The van der Waals surface area contributed by atoms with Crippen molar-refractivity contribution in [2.75, 3.05) is 13.7 Å². The van der Waals surface area contributed by atoms with Gasteiger partial charge in [-0.3, -0.25) is 9.59 Å². The van der Waals surface area contributed by atoms with Crippen LogP contribution in [0.15, 0.2) is 35.0 Å². The van der Waals surface area contributed by atoms with Crippen molar-refractivity contribution in [1.82, 2.24) is 10.6 Å². The van der Waals surface area contributed by atoms with Crippen molar-refractivity contribution in [3.8, 4) is 11.5 Å². The summed E-state index contributed by atoms with van der Waals surface area (Å²) in [6, 6.07) is 5.71. The molecule has 2 N–H and O–H groups in total. The fourth-order valence-corrected chi connectivity index (χ4v) is 3.09. The van der Waals surface area contributed by atoms with Gasteiger partial charge in [-0.25, -0.2) is 0 Å². The third-order valence-electron chi connectivity index (χ3n) is 3.58. The highest BCUT2D eigenvalue weighted by Gasteiger charge is 2.15. The highest BCUT2D eigenvalue weighted by Crippen LogP contribution is 2.29. The maximum absolute atomic E-state index is 12.3. The van der Waals surface area contributed by atoms with Crippen molar-refractivity contribution in [3.05, 3.63) is 46.2 Å². The lowest BCUT2D eigenvalue weighted by Gasteiger charge is -2.14. The molecule has 6 nitrogen and oxygen atoms in total. The van der Waals surface area contributed by atoms with Crippen molar-refractivity contribution >= 4 is 23.2 Å². The number of carbonyl (C=O) groups excluding carboxylic acids is 2. The fraction of sp³-hybridized carbons (Fsp3) is 0.333. The molecular weight excluding hydrogens is 378 g/mol. The predicted octanol–water partition coefficient (Wildman–Crippen LogP) is 2.84. The van der Waals surface area contributed by atoms with E-state index in [1.165, 1.54) is 25.3 Å². The van der Waals surface area contributed by atoms with Crippen LogP contribution in [0.4, 0.5) is 8.78 Å². The molecule has 0 aliphatic carbocycles. The van der Waals surface area contributed by atoms with Gasteiger partial charge in [-0.15, -0.1) is 0 Å². The van der Waals surface area contributed by atoms with Crippen molar-refractivity contribution in [3.63, 3.8) is 0 Å². The summed E-state index contributed by atoms with van der Waals surface area (Å²) in [5.74, 6) is -1.03. The Kier molecular flexibility index (Phi) is 7.54. The zero-order valence-electron chi connectivity index (χ0n) is 14.8. The maximum atomic E-state index is 12.3. The molecule has 0 saturated heterocycles. The van der Waals surface area contributed by atoms with Gasteiger partial charge in [-0.1, -0.05) is 0 Å². The molecule has 146 valence electrons. The summed E-state index contributed by atoms with van der Waals surface area (Å²) >= 11 is 1.59. The van der Waals surface area contributed by atoms with Gasteiger partial charge >= 0.3 is 6.61 Å². The molecule has 2 amide bonds. The second-order valence-electron chi connectivity index (χ2n) is 5.73. The average Bonchev–Trinajstić information content (AvgIpc) is 3.12. The minimum atomic E-state index is -3.00. The Hall–Kier alpha value is -2.68. The summed E-state index contributed by atoms with van der Waals surface area (Å²) in [5.41, 5.74) is 1.29. The Bertz CT molecular complexity index is 769. The Morgan fingerprint density at radius 3 is 2.63 bits per heavy atom. The Labute approximate surface area is 159 Å². The first kappa shape index (κ1) is 20.6. The SMILES string of the molecule is COc1cc(C(=O)NCC(=O)NC(C)Cc2ccsc2)ccc1OC(F)F. The highest BCUT2D eigenvalue weighted by atomic mass is 32.1. The van der Waals surface area contributed by atoms with Gasteiger partial charge in [-0.2, -0.15) is 20.1 Å². The van der Waals surface area contributed by atoms with Crippen LogP contribution in [-0.4, -0.2) is 38.1 Å². The first-order valence-corrected chi connectivity index (χ1v) is 9.04. The van der Waals surface area contributed by atoms with Crippen LogP contribution in [0.2, 0.25) is 0 Å². The van der Waals surface area contributed by atoms with Gasteiger partial charge in [0.2, 0.25) is 5.91 Å². The van der Waals surface area contributed by atoms with E-state index < -0.39 is 12.5 Å². The average molecular weight is 398 g/mol. The summed E-state index contributed by atoms with van der Waals surface area (Å²) in [5, 5.41) is 9.26. The van der Waals surface area contributed by atoms with Crippen molar-refractivity contribution in [1.29, 1.82) is 0 Å². The van der Waals surface area contributed by atoms with E-state index in [-0.39, 0.29) is 35.6 Å². The van der Waals surface area contributed by atoms with E-state index in [1.54, 1.807) is 11.3 Å². The molecule has 2 rings (SSSR count). The van der Waals surface area contributed by atoms with Crippen molar-refractivity contribution in [2.45, 2.75) is 26.0 Å². The molecule has 0 saturated carbocycles. The summed E-state index contributed by atoms with van der Waals surface area (Å²) in [6.45, 7) is -1.33. The van der Waals surface area contributed by atoms with E-state index >= 15 is 0 Å². The van der Waals surface area contributed by atoms with Crippen LogP contribution in [-0.2, 0) is 11.2 Å². The number of carbonyl (C=O) groups is 2. The van der Waals surface area contributed by atoms with E-state index in [2.05, 4.69) is 15.4 Å². The summed E-state index contributed by atoms with van der Waals surface area (Å²) < 4.78 is 33.9. The largest absolute Gasteiger partial charge is 0.493 e. The minimum Gasteiger partial charge on any atom is -0.493 e. The maximum Gasteiger partial charge on any atom is 0.387 e. The number of ether oxygens (including phenoxy) is 2. The zero-order chi connectivity index (χ0) is 19.8. The number of hydrogen-bond donors (Lipinski definition) is 2. The smallest absolute Gasteiger partial charge is 0.387 e. The number of benzene rings is 1. The lowest BCUT2D eigenvalue weighted by Crippen LogP contribution is -2.41. The number of rotatable bonds is 9. The summed E-state index contributed by atoms with van der Waals surface area (Å²) in [6.07, 6.45) is 0.700. The summed E-state index contributed by atoms with van der Waals surface area (Å²) in [4.78, 5) is 24.1. The van der Waals surface area contributed by atoms with E-state index in [1.807, 2.05) is 23.8 Å². The predicted molar refractivity (Wildman–Crippen MR) is 97.6 cm³/mol. The summed E-state index contributed by atoms with van der Waals surface area (Å²) in [7, 11) is 1.28. The molecule has 2 aromatic rings. The Morgan fingerprint density at radius 2 is 2.00 bits per heavy atom. The van der Waals surface area contributed by atoms with Crippen LogP contribution in [0.25, 0.3) is 0 Å². The van der Waals surface area contributed by atoms with Crippen LogP contribution in [0.3, 0.4) is 0 Å². The van der Waals surface area contributed by atoms with Gasteiger partial charge in [0.15, 0.2) is 11.5 Å². The molecule has 1 aromatic heterocycles. The van der Waals surface area contributed by atoms with Gasteiger partial charge in [-0.05, 0) is 53.9 Å². The van der Waals surface area contributed by atoms with Crippen LogP contribution >= 0.6 is 11.3 Å². The second kappa shape index (κ2) is 9.86. The number of amides is 2. The standard InChI is InChI=1S/C18H20F2N2O4S/c1-11(7-12-5-6-27-10-12)22-16(23)9-21-17(24)13-3-4-14(26-18(19)20)15(8-13)25-2/h3-6,8,10-11,18H,7,9H2,1-2H3,(H,21,24)(H,22,23). The topological polar surface area (TPSA) is 76.7 Å². The molecule has 1 unspecified atom stereocenters. The molecule has 0 aliphatic heterocycles. The molecule has 0 spiro atoms. The van der Waals surface area contributed by atoms with Gasteiger partial charge < -0.3 is 20.1 Å². The van der Waals surface area contributed by atoms with Gasteiger partial charge in [0.25, 0.3) is 5.91 Å². The number of methoxy groups -OCH3 is 1. The molecule has 1 atom stereocenters. The third kappa shape index (κ3) is 6.52. The van der Waals surface area contributed by atoms with Crippen LogP contribution < -0.4 is 20.1 Å². The first-order chi connectivity index (χ1) is 12.9. The number of hydrogen-bond acceptors (Lipinski definition) is 5. The highest BCUT2D eigenvalue weighted by molar-refractivity contribution is 7.07. The molecule has 0 fully saturated rings.